The van der Waals surface area contributed by atoms with E-state index in [4.69, 9.17) is 4.74 Å². The minimum absolute atomic E-state index is 0.0474. The van der Waals surface area contributed by atoms with E-state index >= 15 is 0 Å². The van der Waals surface area contributed by atoms with E-state index in [-0.39, 0.29) is 11.9 Å². The Bertz CT molecular complexity index is 616. The number of thiol groups is 1. The number of carbonyl (C=O) groups excluding carboxylic acids is 2. The number of rotatable bonds is 7. The summed E-state index contributed by atoms with van der Waals surface area (Å²) in [4.78, 5) is 26.1. The molecule has 0 spiro atoms. The van der Waals surface area contributed by atoms with Crippen LogP contribution in [-0.4, -0.2) is 41.8 Å². The maximum Gasteiger partial charge on any atom is 0.322 e. The van der Waals surface area contributed by atoms with Gasteiger partial charge in [0.2, 0.25) is 5.91 Å². The fourth-order valence-electron chi connectivity index (χ4n) is 2.48. The summed E-state index contributed by atoms with van der Waals surface area (Å²) in [5.74, 6) is 0.132. The summed E-state index contributed by atoms with van der Waals surface area (Å²) < 4.78 is 4.82. The molecule has 0 aliphatic carbocycles. The number of nitrogens with one attached hydrogen (secondary N) is 1. The van der Waals surface area contributed by atoms with Gasteiger partial charge in [-0.25, -0.2) is 0 Å². The van der Waals surface area contributed by atoms with Gasteiger partial charge in [0.25, 0.3) is 0 Å². The molecule has 0 saturated carbocycles. The lowest BCUT2D eigenvalue weighted by Gasteiger charge is -2.32. The van der Waals surface area contributed by atoms with Crippen LogP contribution in [0.25, 0.3) is 0 Å². The molecular formula is C18H22N2O3S. The van der Waals surface area contributed by atoms with Crippen molar-refractivity contribution >= 4 is 24.5 Å². The summed E-state index contributed by atoms with van der Waals surface area (Å²) >= 11 is 4.18. The molecule has 1 aromatic rings. The summed E-state index contributed by atoms with van der Waals surface area (Å²) in [6, 6.07) is 9.05. The summed E-state index contributed by atoms with van der Waals surface area (Å²) in [6.45, 7) is 0. The molecule has 5 nitrogen and oxygen atoms in total. The maximum absolute atomic E-state index is 12.6. The van der Waals surface area contributed by atoms with E-state index < -0.39 is 12.2 Å². The van der Waals surface area contributed by atoms with E-state index in [1.165, 1.54) is 7.11 Å². The van der Waals surface area contributed by atoms with E-state index in [1.54, 1.807) is 17.2 Å². The van der Waals surface area contributed by atoms with Crippen LogP contribution in [0.4, 0.5) is 0 Å². The van der Waals surface area contributed by atoms with Crippen LogP contribution >= 0.6 is 12.6 Å². The predicted octanol–water partition coefficient (Wildman–Crippen LogP) is 1.92. The van der Waals surface area contributed by atoms with Crippen LogP contribution in [0.5, 0.6) is 0 Å². The van der Waals surface area contributed by atoms with Crippen molar-refractivity contribution in [3.8, 4) is 0 Å². The van der Waals surface area contributed by atoms with Crippen molar-refractivity contribution in [1.29, 1.82) is 0 Å². The molecule has 1 aliphatic rings. The average Bonchev–Trinajstić information content (AvgIpc) is 2.62. The van der Waals surface area contributed by atoms with Crippen LogP contribution in [0, 0.1) is 0 Å². The van der Waals surface area contributed by atoms with Gasteiger partial charge >= 0.3 is 5.97 Å². The zero-order chi connectivity index (χ0) is 17.4. The first-order valence-corrected chi connectivity index (χ1v) is 8.43. The van der Waals surface area contributed by atoms with Crippen LogP contribution in [0.1, 0.15) is 12.0 Å². The van der Waals surface area contributed by atoms with Crippen molar-refractivity contribution in [2.75, 3.05) is 12.9 Å². The van der Waals surface area contributed by atoms with Gasteiger partial charge in [-0.1, -0.05) is 36.4 Å². The second kappa shape index (κ2) is 9.30. The highest BCUT2D eigenvalue weighted by Gasteiger charge is 2.27. The summed E-state index contributed by atoms with van der Waals surface area (Å²) in [7, 11) is 1.35. The topological polar surface area (TPSA) is 58.6 Å². The third kappa shape index (κ3) is 4.97. The number of hydrogen-bond acceptors (Lipinski definition) is 5. The Balaban J connectivity index is 2.07. The number of allylic oxidation sites excluding steroid dienone is 2. The standard InChI is InChI=1S/C18H22N2O3S/c1-23-18(22)15(10-12-24)19-16-9-5-6-11-20(16)17(21)13-14-7-3-2-4-8-14/h2-9,11,15-16,19,24H,10,12-13H2,1H3/t15?,16-/m0/s1. The van der Waals surface area contributed by atoms with Gasteiger partial charge in [-0.3, -0.25) is 19.8 Å². The molecule has 6 heteroatoms. The molecule has 1 aliphatic heterocycles. The lowest BCUT2D eigenvalue weighted by molar-refractivity contribution is -0.144. The van der Waals surface area contributed by atoms with Crippen LogP contribution in [-0.2, 0) is 20.7 Å². The van der Waals surface area contributed by atoms with Crippen molar-refractivity contribution in [1.82, 2.24) is 10.2 Å². The van der Waals surface area contributed by atoms with E-state index in [1.807, 2.05) is 42.5 Å². The Hall–Kier alpha value is -2.05. The Labute approximate surface area is 147 Å². The number of methoxy groups -OCH3 is 1. The number of benzene rings is 1. The highest BCUT2D eigenvalue weighted by molar-refractivity contribution is 7.80. The van der Waals surface area contributed by atoms with Gasteiger partial charge < -0.3 is 4.74 Å². The van der Waals surface area contributed by atoms with Gasteiger partial charge in [-0.15, -0.1) is 0 Å². The van der Waals surface area contributed by atoms with Crippen LogP contribution in [0.3, 0.4) is 0 Å². The first-order valence-electron chi connectivity index (χ1n) is 7.80. The molecule has 0 aromatic heterocycles. The van der Waals surface area contributed by atoms with Crippen molar-refractivity contribution in [2.24, 2.45) is 0 Å². The first kappa shape index (κ1) is 18.3. The third-order valence-corrected chi connectivity index (χ3v) is 3.97. The monoisotopic (exact) mass is 346 g/mol. The lowest BCUT2D eigenvalue weighted by atomic mass is 10.1. The van der Waals surface area contributed by atoms with Gasteiger partial charge in [-0.2, -0.15) is 12.6 Å². The van der Waals surface area contributed by atoms with Gasteiger partial charge in [0.1, 0.15) is 12.2 Å². The zero-order valence-corrected chi connectivity index (χ0v) is 14.5. The normalized spacial score (nSPS) is 17.6. The van der Waals surface area contributed by atoms with Crippen LogP contribution in [0.15, 0.2) is 54.8 Å². The molecule has 2 atom stereocenters. The molecule has 1 heterocycles. The Morgan fingerprint density at radius 3 is 2.71 bits per heavy atom. The lowest BCUT2D eigenvalue weighted by Crippen LogP contribution is -2.52. The third-order valence-electron chi connectivity index (χ3n) is 3.71. The summed E-state index contributed by atoms with van der Waals surface area (Å²) in [5.41, 5.74) is 0.948. The van der Waals surface area contributed by atoms with Crippen molar-refractivity contribution in [2.45, 2.75) is 25.0 Å². The van der Waals surface area contributed by atoms with Crippen LogP contribution < -0.4 is 5.32 Å². The Kier molecular flexibility index (Phi) is 7.08. The molecule has 0 bridgehead atoms. The van der Waals surface area contributed by atoms with Crippen LogP contribution in [0.2, 0.25) is 0 Å². The van der Waals surface area contributed by atoms with Crippen molar-refractivity contribution in [3.05, 3.63) is 60.3 Å². The second-order valence-electron chi connectivity index (χ2n) is 5.39. The van der Waals surface area contributed by atoms with Gasteiger partial charge in [0.05, 0.1) is 13.5 Å². The Morgan fingerprint density at radius 2 is 2.04 bits per heavy atom. The zero-order valence-electron chi connectivity index (χ0n) is 13.6. The highest BCUT2D eigenvalue weighted by atomic mass is 32.1. The Morgan fingerprint density at radius 1 is 1.29 bits per heavy atom. The molecule has 1 N–H and O–H groups in total. The molecule has 128 valence electrons. The number of hydrogen-bond donors (Lipinski definition) is 2. The first-order chi connectivity index (χ1) is 11.7. The minimum atomic E-state index is -0.513. The average molecular weight is 346 g/mol. The van der Waals surface area contributed by atoms with E-state index in [0.717, 1.165) is 5.56 Å². The van der Waals surface area contributed by atoms with E-state index in [0.29, 0.717) is 18.6 Å². The number of ether oxygens (including phenoxy) is 1. The van der Waals surface area contributed by atoms with E-state index in [2.05, 4.69) is 17.9 Å². The maximum atomic E-state index is 12.6. The number of nitrogens with zero attached hydrogens (tertiary/aromatic N) is 1. The molecule has 24 heavy (non-hydrogen) atoms. The minimum Gasteiger partial charge on any atom is -0.468 e. The van der Waals surface area contributed by atoms with Crippen molar-refractivity contribution < 1.29 is 14.3 Å². The number of amides is 1. The molecular weight excluding hydrogens is 324 g/mol. The van der Waals surface area contributed by atoms with E-state index in [9.17, 15) is 9.59 Å². The largest absolute Gasteiger partial charge is 0.468 e. The van der Waals surface area contributed by atoms with Gasteiger partial charge in [0, 0.05) is 6.20 Å². The smallest absolute Gasteiger partial charge is 0.322 e. The molecule has 1 amide bonds. The van der Waals surface area contributed by atoms with Gasteiger partial charge in [-0.05, 0) is 29.9 Å². The summed E-state index contributed by atoms with van der Waals surface area (Å²) in [6.07, 6.45) is 7.63. The quantitative estimate of drug-likeness (QED) is 0.585. The second-order valence-corrected chi connectivity index (χ2v) is 5.84. The molecule has 0 radical (unpaired) electrons. The fraction of sp³-hybridized carbons (Fsp3) is 0.333. The number of carbonyl (C=O) groups is 2. The number of esters is 1. The molecule has 2 rings (SSSR count). The highest BCUT2D eigenvalue weighted by Crippen LogP contribution is 2.12. The SMILES string of the molecule is COC(=O)C(CCS)N[C@@H]1C=CC=CN1C(=O)Cc1ccccc1. The fourth-order valence-corrected chi connectivity index (χ4v) is 2.74. The molecule has 1 aromatic carbocycles. The molecule has 0 fully saturated rings. The molecule has 0 saturated heterocycles. The van der Waals surface area contributed by atoms with Crippen molar-refractivity contribution in [3.63, 3.8) is 0 Å². The summed E-state index contributed by atoms with van der Waals surface area (Å²) in [5, 5.41) is 3.17. The predicted molar refractivity (Wildman–Crippen MR) is 96.5 cm³/mol. The molecule has 1 unspecified atom stereocenters. The van der Waals surface area contributed by atoms with Gasteiger partial charge in [0.15, 0.2) is 0 Å².